The molecule has 5 heteroatoms. The summed E-state index contributed by atoms with van der Waals surface area (Å²) in [5, 5.41) is 11.3. The van der Waals surface area contributed by atoms with Crippen molar-refractivity contribution in [3.63, 3.8) is 0 Å². The van der Waals surface area contributed by atoms with Crippen molar-refractivity contribution in [1.82, 2.24) is 9.55 Å². The van der Waals surface area contributed by atoms with E-state index in [0.717, 1.165) is 12.1 Å². The molecule has 1 heterocycles. The molecule has 2 aromatic rings. The SMILES string of the molecule is CCCCCCCCCCCCc1nccn1C.O=C(O)CCNc1ccccc1. The van der Waals surface area contributed by atoms with E-state index in [1.54, 1.807) is 0 Å². The first-order chi connectivity index (χ1) is 14.6. The van der Waals surface area contributed by atoms with Crippen LogP contribution in [0.3, 0.4) is 0 Å². The van der Waals surface area contributed by atoms with E-state index in [0.29, 0.717) is 6.54 Å². The molecule has 0 aliphatic heterocycles. The van der Waals surface area contributed by atoms with E-state index in [1.807, 2.05) is 42.7 Å². The van der Waals surface area contributed by atoms with E-state index in [2.05, 4.69) is 28.8 Å². The summed E-state index contributed by atoms with van der Waals surface area (Å²) in [5.74, 6) is 0.452. The Morgan fingerprint density at radius 2 is 1.57 bits per heavy atom. The van der Waals surface area contributed by atoms with Crippen molar-refractivity contribution < 1.29 is 9.90 Å². The maximum absolute atomic E-state index is 10.1. The van der Waals surface area contributed by atoms with Crippen LogP contribution in [0.1, 0.15) is 83.4 Å². The van der Waals surface area contributed by atoms with Crippen LogP contribution < -0.4 is 5.32 Å². The van der Waals surface area contributed by atoms with Gasteiger partial charge in [0.2, 0.25) is 0 Å². The molecule has 0 aliphatic carbocycles. The monoisotopic (exact) mass is 415 g/mol. The number of carboxylic acid groups (broad SMARTS) is 1. The second kappa shape index (κ2) is 17.5. The van der Waals surface area contributed by atoms with Crippen molar-refractivity contribution in [2.45, 2.75) is 84.0 Å². The van der Waals surface area contributed by atoms with E-state index >= 15 is 0 Å². The van der Waals surface area contributed by atoms with Crippen LogP contribution >= 0.6 is 0 Å². The molecule has 2 N–H and O–H groups in total. The first-order valence-corrected chi connectivity index (χ1v) is 11.6. The number of nitrogens with zero attached hydrogens (tertiary/aromatic N) is 2. The number of imidazole rings is 1. The molecule has 0 aliphatic rings. The first kappa shape index (κ1) is 25.7. The Kier molecular flexibility index (Phi) is 15.1. The fraction of sp³-hybridized carbons (Fsp3) is 0.600. The highest BCUT2D eigenvalue weighted by Gasteiger charge is 1.98. The third-order valence-corrected chi connectivity index (χ3v) is 5.12. The van der Waals surface area contributed by atoms with Gasteiger partial charge in [0.05, 0.1) is 6.42 Å². The number of carboxylic acids is 1. The summed E-state index contributed by atoms with van der Waals surface area (Å²) in [4.78, 5) is 14.5. The quantitative estimate of drug-likeness (QED) is 0.328. The highest BCUT2D eigenvalue weighted by Crippen LogP contribution is 2.11. The summed E-state index contributed by atoms with van der Waals surface area (Å²) in [7, 11) is 2.08. The summed E-state index contributed by atoms with van der Waals surface area (Å²) in [6, 6.07) is 9.54. The molecule has 5 nitrogen and oxygen atoms in total. The van der Waals surface area contributed by atoms with Crippen LogP contribution in [0.25, 0.3) is 0 Å². The molecule has 1 aromatic heterocycles. The van der Waals surface area contributed by atoms with Gasteiger partial charge in [-0.2, -0.15) is 0 Å². The number of anilines is 1. The molecule has 0 amide bonds. The Hall–Kier alpha value is -2.30. The Bertz CT molecular complexity index is 655. The lowest BCUT2D eigenvalue weighted by Gasteiger charge is -2.03. The molecule has 0 saturated carbocycles. The zero-order valence-electron chi connectivity index (χ0n) is 19.0. The summed E-state index contributed by atoms with van der Waals surface area (Å²) in [5.41, 5.74) is 0.957. The smallest absolute Gasteiger partial charge is 0.305 e. The number of nitrogens with one attached hydrogen (secondary N) is 1. The Labute approximate surface area is 182 Å². The molecule has 0 bridgehead atoms. The van der Waals surface area contributed by atoms with Gasteiger partial charge >= 0.3 is 5.97 Å². The standard InChI is InChI=1S/C16H30N2.C9H11NO2/c1-3-4-5-6-7-8-9-10-11-12-13-16-17-14-15-18(16)2;11-9(12)6-7-10-8-4-2-1-3-5-8/h14-15H,3-13H2,1-2H3;1-5,10H,6-7H2,(H,11,12). The fourth-order valence-corrected chi connectivity index (χ4v) is 3.28. The molecule has 0 unspecified atom stereocenters. The number of aromatic nitrogens is 2. The molecule has 0 saturated heterocycles. The number of hydrogen-bond donors (Lipinski definition) is 2. The summed E-state index contributed by atoms with van der Waals surface area (Å²) < 4.78 is 2.13. The predicted octanol–water partition coefficient (Wildman–Crippen LogP) is 6.46. The molecule has 0 fully saturated rings. The lowest BCUT2D eigenvalue weighted by molar-refractivity contribution is -0.136. The second-order valence-electron chi connectivity index (χ2n) is 7.82. The highest BCUT2D eigenvalue weighted by molar-refractivity contribution is 5.67. The van der Waals surface area contributed by atoms with Crippen molar-refractivity contribution in [2.75, 3.05) is 11.9 Å². The van der Waals surface area contributed by atoms with Gasteiger partial charge in [0.25, 0.3) is 0 Å². The lowest BCUT2D eigenvalue weighted by atomic mass is 10.1. The van der Waals surface area contributed by atoms with Crippen LogP contribution in [0.4, 0.5) is 5.69 Å². The number of carbonyl (C=O) groups is 1. The second-order valence-corrected chi connectivity index (χ2v) is 7.82. The predicted molar refractivity (Wildman–Crippen MR) is 126 cm³/mol. The first-order valence-electron chi connectivity index (χ1n) is 11.6. The van der Waals surface area contributed by atoms with Crippen LogP contribution in [0.5, 0.6) is 0 Å². The molecule has 0 radical (unpaired) electrons. The summed E-state index contributed by atoms with van der Waals surface area (Å²) in [6.45, 7) is 2.75. The number of rotatable bonds is 15. The van der Waals surface area contributed by atoms with E-state index in [-0.39, 0.29) is 6.42 Å². The van der Waals surface area contributed by atoms with Gasteiger partial charge in [0.15, 0.2) is 0 Å². The van der Waals surface area contributed by atoms with E-state index in [1.165, 1.54) is 70.0 Å². The minimum Gasteiger partial charge on any atom is -0.481 e. The molecule has 168 valence electrons. The normalized spacial score (nSPS) is 10.3. The van der Waals surface area contributed by atoms with Crippen LogP contribution in [-0.4, -0.2) is 27.2 Å². The molecule has 0 atom stereocenters. The molecule has 1 aromatic carbocycles. The number of hydrogen-bond acceptors (Lipinski definition) is 3. The van der Waals surface area contributed by atoms with Crippen LogP contribution in [0.15, 0.2) is 42.7 Å². The van der Waals surface area contributed by atoms with E-state index in [9.17, 15) is 4.79 Å². The van der Waals surface area contributed by atoms with Crippen molar-refractivity contribution in [3.8, 4) is 0 Å². The number of benzene rings is 1. The van der Waals surface area contributed by atoms with Gasteiger partial charge in [-0.05, 0) is 18.6 Å². The van der Waals surface area contributed by atoms with Gasteiger partial charge in [0, 0.05) is 38.1 Å². The average molecular weight is 416 g/mol. The molecular formula is C25H41N3O2. The highest BCUT2D eigenvalue weighted by atomic mass is 16.4. The molecular weight excluding hydrogens is 374 g/mol. The van der Waals surface area contributed by atoms with Crippen LogP contribution in [0, 0.1) is 0 Å². The third kappa shape index (κ3) is 13.8. The minimum absolute atomic E-state index is 0.148. The fourth-order valence-electron chi connectivity index (χ4n) is 3.28. The van der Waals surface area contributed by atoms with Gasteiger partial charge in [-0.15, -0.1) is 0 Å². The Morgan fingerprint density at radius 1 is 0.967 bits per heavy atom. The zero-order chi connectivity index (χ0) is 21.9. The number of aliphatic carboxylic acids is 1. The topological polar surface area (TPSA) is 67.2 Å². The van der Waals surface area contributed by atoms with Gasteiger partial charge < -0.3 is 15.0 Å². The van der Waals surface area contributed by atoms with Crippen LogP contribution in [-0.2, 0) is 18.3 Å². The Balaban J connectivity index is 0.000000325. The third-order valence-electron chi connectivity index (χ3n) is 5.12. The minimum atomic E-state index is -0.779. The summed E-state index contributed by atoms with van der Waals surface area (Å²) >= 11 is 0. The van der Waals surface area contributed by atoms with Gasteiger partial charge in [-0.3, -0.25) is 4.79 Å². The average Bonchev–Trinajstić information content (AvgIpc) is 3.15. The van der Waals surface area contributed by atoms with Gasteiger partial charge in [0.1, 0.15) is 5.82 Å². The van der Waals surface area contributed by atoms with Crippen molar-refractivity contribution in [3.05, 3.63) is 48.5 Å². The maximum Gasteiger partial charge on any atom is 0.305 e. The van der Waals surface area contributed by atoms with Crippen molar-refractivity contribution in [1.29, 1.82) is 0 Å². The number of aryl methyl sites for hydroxylation is 2. The molecule has 2 rings (SSSR count). The number of unbranched alkanes of at least 4 members (excludes halogenated alkanes) is 9. The van der Waals surface area contributed by atoms with Crippen LogP contribution in [0.2, 0.25) is 0 Å². The van der Waals surface area contributed by atoms with Gasteiger partial charge in [-0.1, -0.05) is 82.9 Å². The lowest BCUT2D eigenvalue weighted by Crippen LogP contribution is -2.07. The summed E-state index contributed by atoms with van der Waals surface area (Å²) in [6.07, 6.45) is 19.2. The van der Waals surface area contributed by atoms with Gasteiger partial charge in [-0.25, -0.2) is 4.98 Å². The maximum atomic E-state index is 10.1. The van der Waals surface area contributed by atoms with E-state index < -0.39 is 5.97 Å². The molecule has 0 spiro atoms. The Morgan fingerprint density at radius 3 is 2.10 bits per heavy atom. The van der Waals surface area contributed by atoms with Crippen molar-refractivity contribution in [2.24, 2.45) is 7.05 Å². The zero-order valence-corrected chi connectivity index (χ0v) is 19.0. The molecule has 30 heavy (non-hydrogen) atoms. The number of para-hydroxylation sites is 1. The largest absolute Gasteiger partial charge is 0.481 e. The van der Waals surface area contributed by atoms with Crippen molar-refractivity contribution >= 4 is 11.7 Å². The van der Waals surface area contributed by atoms with E-state index in [4.69, 9.17) is 5.11 Å².